The third kappa shape index (κ3) is 4.69. The normalized spacial score (nSPS) is 19.7. The number of anilines is 3. The van der Waals surface area contributed by atoms with Crippen LogP contribution in [0.5, 0.6) is 0 Å². The smallest absolute Gasteiger partial charge is 0.168 e. The van der Waals surface area contributed by atoms with Crippen molar-refractivity contribution in [2.75, 3.05) is 30.4 Å². The van der Waals surface area contributed by atoms with E-state index in [0.717, 1.165) is 61.3 Å². The van der Waals surface area contributed by atoms with Crippen molar-refractivity contribution in [3.05, 3.63) is 60.2 Å². The van der Waals surface area contributed by atoms with Gasteiger partial charge in [-0.15, -0.1) is 0 Å². The van der Waals surface area contributed by atoms with Crippen molar-refractivity contribution in [1.29, 1.82) is 0 Å². The second-order valence-electron chi connectivity index (χ2n) is 9.96. The molecule has 8 nitrogen and oxygen atoms in total. The minimum Gasteiger partial charge on any atom is -0.356 e. The number of fused-ring (bicyclic) bond motifs is 1. The summed E-state index contributed by atoms with van der Waals surface area (Å²) in [5.41, 5.74) is 2.73. The van der Waals surface area contributed by atoms with Gasteiger partial charge in [0.05, 0.1) is 17.9 Å². The van der Waals surface area contributed by atoms with Crippen molar-refractivity contribution in [2.24, 2.45) is 5.92 Å². The molecule has 0 bridgehead atoms. The van der Waals surface area contributed by atoms with Gasteiger partial charge in [0.15, 0.2) is 17.5 Å². The Bertz CT molecular complexity index is 1460. The summed E-state index contributed by atoms with van der Waals surface area (Å²) in [6.07, 6.45) is 9.66. The zero-order valence-electron chi connectivity index (χ0n) is 20.7. The van der Waals surface area contributed by atoms with Crippen molar-refractivity contribution < 1.29 is 8.78 Å². The van der Waals surface area contributed by atoms with Crippen LogP contribution in [-0.2, 0) is 0 Å². The Morgan fingerprint density at radius 3 is 2.70 bits per heavy atom. The van der Waals surface area contributed by atoms with Crippen LogP contribution in [0.3, 0.4) is 0 Å². The number of halogens is 2. The van der Waals surface area contributed by atoms with Crippen LogP contribution in [0, 0.1) is 17.6 Å². The maximum absolute atomic E-state index is 14.2. The lowest BCUT2D eigenvalue weighted by Crippen LogP contribution is -2.47. The quantitative estimate of drug-likeness (QED) is 0.388. The first-order chi connectivity index (χ1) is 18.0. The summed E-state index contributed by atoms with van der Waals surface area (Å²) in [5.74, 6) is 1.10. The zero-order valence-corrected chi connectivity index (χ0v) is 20.7. The number of hydrogen-bond donors (Lipinski definition) is 2. The molecular weight excluding hydrogens is 474 g/mol. The first kappa shape index (κ1) is 23.6. The molecule has 37 heavy (non-hydrogen) atoms. The lowest BCUT2D eigenvalue weighted by Gasteiger charge is -2.38. The molecule has 2 atom stereocenters. The molecule has 1 saturated heterocycles. The highest BCUT2D eigenvalue weighted by Crippen LogP contribution is 2.45. The van der Waals surface area contributed by atoms with Gasteiger partial charge in [-0.3, -0.25) is 4.98 Å². The van der Waals surface area contributed by atoms with E-state index in [1.54, 1.807) is 18.5 Å². The Kier molecular flexibility index (Phi) is 6.11. The SMILES string of the molecule is CC1CNCCC1N(C)c1nc(-c2ccnc(Nc3ncc(F)cc3F)c2)nc2cncc(C3CC3)c12. The summed E-state index contributed by atoms with van der Waals surface area (Å²) in [6, 6.07) is 4.67. The molecule has 0 aromatic carbocycles. The second-order valence-corrected chi connectivity index (χ2v) is 9.96. The van der Waals surface area contributed by atoms with Gasteiger partial charge >= 0.3 is 0 Å². The first-order valence-corrected chi connectivity index (χ1v) is 12.6. The summed E-state index contributed by atoms with van der Waals surface area (Å²) in [7, 11) is 2.12. The van der Waals surface area contributed by atoms with E-state index in [9.17, 15) is 8.78 Å². The van der Waals surface area contributed by atoms with E-state index in [1.807, 2.05) is 12.3 Å². The van der Waals surface area contributed by atoms with Crippen molar-refractivity contribution >= 4 is 28.4 Å². The first-order valence-electron chi connectivity index (χ1n) is 12.6. The molecule has 0 spiro atoms. The number of nitrogens with one attached hydrogen (secondary N) is 2. The molecule has 0 amide bonds. The van der Waals surface area contributed by atoms with Gasteiger partial charge in [0.1, 0.15) is 17.5 Å². The topological polar surface area (TPSA) is 91.8 Å². The molecule has 6 rings (SSSR count). The highest BCUT2D eigenvalue weighted by atomic mass is 19.1. The maximum atomic E-state index is 14.2. The summed E-state index contributed by atoms with van der Waals surface area (Å²) in [6.45, 7) is 4.21. The van der Waals surface area contributed by atoms with E-state index in [0.29, 0.717) is 35.1 Å². The second kappa shape index (κ2) is 9.59. The number of nitrogens with zero attached hydrogens (tertiary/aromatic N) is 6. The number of pyridine rings is 3. The summed E-state index contributed by atoms with van der Waals surface area (Å²) >= 11 is 0. The van der Waals surface area contributed by atoms with Crippen LogP contribution in [0.2, 0.25) is 0 Å². The average molecular weight is 503 g/mol. The fourth-order valence-corrected chi connectivity index (χ4v) is 5.18. The van der Waals surface area contributed by atoms with Gasteiger partial charge in [0.2, 0.25) is 0 Å². The highest BCUT2D eigenvalue weighted by Gasteiger charge is 2.31. The van der Waals surface area contributed by atoms with Gasteiger partial charge in [-0.1, -0.05) is 6.92 Å². The van der Waals surface area contributed by atoms with Crippen molar-refractivity contribution in [2.45, 2.75) is 38.1 Å². The zero-order chi connectivity index (χ0) is 25.5. The van der Waals surface area contributed by atoms with Crippen LogP contribution in [-0.4, -0.2) is 51.1 Å². The third-order valence-electron chi connectivity index (χ3n) is 7.28. The average Bonchev–Trinajstić information content (AvgIpc) is 3.75. The molecule has 2 N–H and O–H groups in total. The van der Waals surface area contributed by atoms with Crippen molar-refractivity contribution in [3.8, 4) is 11.4 Å². The van der Waals surface area contributed by atoms with Gasteiger partial charge in [-0.05, 0) is 61.9 Å². The molecule has 190 valence electrons. The van der Waals surface area contributed by atoms with Crippen molar-refractivity contribution in [3.63, 3.8) is 0 Å². The van der Waals surface area contributed by atoms with Crippen LogP contribution in [0.15, 0.2) is 43.0 Å². The monoisotopic (exact) mass is 502 g/mol. The number of piperidine rings is 1. The Hall–Kier alpha value is -3.79. The standard InChI is InChI=1S/C27H28F2N8/c1-15-11-30-7-6-22(15)37(2)27-24-19(16-3-4-16)13-31-14-21(24)34-25(36-27)17-5-8-32-23(9-17)35-26-20(29)10-18(28)12-33-26/h5,8-10,12-16,22,30H,3-4,6-7,11H2,1-2H3,(H,32,33,35). The van der Waals surface area contributed by atoms with Gasteiger partial charge in [0.25, 0.3) is 0 Å². The molecule has 2 fully saturated rings. The molecule has 4 aromatic rings. The van der Waals surface area contributed by atoms with E-state index < -0.39 is 11.6 Å². The molecule has 1 aliphatic carbocycles. The summed E-state index contributed by atoms with van der Waals surface area (Å²) in [5, 5.41) is 7.38. The molecule has 10 heteroatoms. The summed E-state index contributed by atoms with van der Waals surface area (Å²) in [4.78, 5) is 24.9. The van der Waals surface area contributed by atoms with Crippen LogP contribution in [0.4, 0.5) is 26.2 Å². The fraction of sp³-hybridized carbons (Fsp3) is 0.370. The number of rotatable bonds is 6. The van der Waals surface area contributed by atoms with Crippen LogP contribution >= 0.6 is 0 Å². The summed E-state index contributed by atoms with van der Waals surface area (Å²) < 4.78 is 27.4. The van der Waals surface area contributed by atoms with Crippen LogP contribution in [0.1, 0.15) is 37.7 Å². The highest BCUT2D eigenvalue weighted by molar-refractivity contribution is 5.94. The minimum atomic E-state index is -0.798. The Morgan fingerprint density at radius 2 is 1.92 bits per heavy atom. The predicted octanol–water partition coefficient (Wildman–Crippen LogP) is 4.82. The van der Waals surface area contributed by atoms with E-state index >= 15 is 0 Å². The predicted molar refractivity (Wildman–Crippen MR) is 139 cm³/mol. The van der Waals surface area contributed by atoms with Gasteiger partial charge in [-0.25, -0.2) is 28.7 Å². The molecule has 5 heterocycles. The molecule has 4 aromatic heterocycles. The molecule has 2 unspecified atom stereocenters. The van der Waals surface area contributed by atoms with E-state index in [-0.39, 0.29) is 5.82 Å². The number of aromatic nitrogens is 5. The van der Waals surface area contributed by atoms with E-state index in [4.69, 9.17) is 9.97 Å². The fourth-order valence-electron chi connectivity index (χ4n) is 5.18. The Balaban J connectivity index is 1.43. The Labute approximate surface area is 213 Å². The molecule has 2 aliphatic rings. The van der Waals surface area contributed by atoms with E-state index in [2.05, 4.69) is 44.5 Å². The van der Waals surface area contributed by atoms with Gasteiger partial charge in [0, 0.05) is 42.5 Å². The van der Waals surface area contributed by atoms with Crippen molar-refractivity contribution in [1.82, 2.24) is 30.2 Å². The lowest BCUT2D eigenvalue weighted by molar-refractivity contribution is 0.339. The largest absolute Gasteiger partial charge is 0.356 e. The number of hydrogen-bond acceptors (Lipinski definition) is 8. The van der Waals surface area contributed by atoms with Gasteiger partial charge in [-0.2, -0.15) is 0 Å². The van der Waals surface area contributed by atoms with Gasteiger partial charge < -0.3 is 15.5 Å². The molecule has 1 saturated carbocycles. The Morgan fingerprint density at radius 1 is 1.05 bits per heavy atom. The minimum absolute atomic E-state index is 0.107. The molecule has 1 aliphatic heterocycles. The molecule has 0 radical (unpaired) electrons. The van der Waals surface area contributed by atoms with Crippen LogP contribution < -0.4 is 15.5 Å². The third-order valence-corrected chi connectivity index (χ3v) is 7.28. The maximum Gasteiger partial charge on any atom is 0.168 e. The lowest BCUT2D eigenvalue weighted by atomic mass is 9.93. The van der Waals surface area contributed by atoms with Crippen LogP contribution in [0.25, 0.3) is 22.3 Å². The van der Waals surface area contributed by atoms with E-state index in [1.165, 1.54) is 5.56 Å². The molecular formula is C27H28F2N8.